The van der Waals surface area contributed by atoms with Crippen molar-refractivity contribution in [1.29, 1.82) is 0 Å². The quantitative estimate of drug-likeness (QED) is 0.740. The van der Waals surface area contributed by atoms with Crippen LogP contribution in [-0.2, 0) is 6.42 Å². The number of rotatable bonds is 3. The number of nitrogens with one attached hydrogen (secondary N) is 1. The van der Waals surface area contributed by atoms with Gasteiger partial charge < -0.3 is 9.84 Å². The number of nitrogens with zero attached hydrogens (tertiary/aromatic N) is 2. The van der Waals surface area contributed by atoms with Gasteiger partial charge in [-0.05, 0) is 5.92 Å². The zero-order valence-electron chi connectivity index (χ0n) is 7.21. The summed E-state index contributed by atoms with van der Waals surface area (Å²) in [7, 11) is 1.78. The lowest BCUT2D eigenvalue weighted by molar-refractivity contribution is 0.304. The van der Waals surface area contributed by atoms with E-state index >= 15 is 0 Å². The molecule has 0 amide bonds. The predicted molar refractivity (Wildman–Crippen MR) is 44.9 cm³/mol. The van der Waals surface area contributed by atoms with Crippen molar-refractivity contribution in [1.82, 2.24) is 10.1 Å². The maximum atomic E-state index is 4.91. The largest absolute Gasteiger partial charge is 0.341 e. The average Bonchev–Trinajstić information content (AvgIpc) is 2.44. The highest BCUT2D eigenvalue weighted by molar-refractivity contribution is 5.16. The Kier molecular flexibility index (Phi) is 1.98. The van der Waals surface area contributed by atoms with E-state index in [1.165, 1.54) is 19.3 Å². The lowest BCUT2D eigenvalue weighted by Gasteiger charge is -2.23. The Hall–Kier alpha value is -1.06. The van der Waals surface area contributed by atoms with Gasteiger partial charge in [0.05, 0.1) is 0 Å². The molecule has 1 N–H and O–H groups in total. The SMILES string of the molecule is CNc1nc(CC2CCC2)no1. The van der Waals surface area contributed by atoms with Crippen LogP contribution in [0.3, 0.4) is 0 Å². The Morgan fingerprint density at radius 2 is 2.42 bits per heavy atom. The molecule has 1 aliphatic rings. The summed E-state index contributed by atoms with van der Waals surface area (Å²) in [4.78, 5) is 4.16. The Morgan fingerprint density at radius 1 is 1.58 bits per heavy atom. The monoisotopic (exact) mass is 167 g/mol. The highest BCUT2D eigenvalue weighted by atomic mass is 16.5. The molecule has 0 unspecified atom stereocenters. The second-order valence-electron chi connectivity index (χ2n) is 3.27. The van der Waals surface area contributed by atoms with Gasteiger partial charge >= 0.3 is 6.01 Å². The van der Waals surface area contributed by atoms with E-state index in [-0.39, 0.29) is 0 Å². The van der Waals surface area contributed by atoms with Crippen LogP contribution in [-0.4, -0.2) is 17.2 Å². The summed E-state index contributed by atoms with van der Waals surface area (Å²) < 4.78 is 4.91. The van der Waals surface area contributed by atoms with E-state index in [0.717, 1.165) is 18.2 Å². The van der Waals surface area contributed by atoms with Crippen LogP contribution in [0.4, 0.5) is 6.01 Å². The second kappa shape index (κ2) is 3.13. The molecule has 1 aromatic rings. The maximum absolute atomic E-state index is 4.91. The van der Waals surface area contributed by atoms with Crippen LogP contribution in [0.15, 0.2) is 4.52 Å². The summed E-state index contributed by atoms with van der Waals surface area (Å²) in [6.07, 6.45) is 4.99. The fourth-order valence-corrected chi connectivity index (χ4v) is 1.39. The first-order valence-corrected chi connectivity index (χ1v) is 4.39. The Bertz CT molecular complexity index is 255. The van der Waals surface area contributed by atoms with Gasteiger partial charge in [0, 0.05) is 13.5 Å². The van der Waals surface area contributed by atoms with Gasteiger partial charge in [-0.3, -0.25) is 0 Å². The van der Waals surface area contributed by atoms with Crippen LogP contribution in [0.25, 0.3) is 0 Å². The van der Waals surface area contributed by atoms with Gasteiger partial charge in [-0.25, -0.2) is 0 Å². The van der Waals surface area contributed by atoms with E-state index in [1.54, 1.807) is 7.05 Å². The molecule has 1 saturated carbocycles. The first kappa shape index (κ1) is 7.58. The van der Waals surface area contributed by atoms with E-state index < -0.39 is 0 Å². The summed E-state index contributed by atoms with van der Waals surface area (Å²) in [6, 6.07) is 0.518. The molecule has 1 fully saturated rings. The highest BCUT2D eigenvalue weighted by Gasteiger charge is 2.20. The van der Waals surface area contributed by atoms with E-state index in [0.29, 0.717) is 6.01 Å². The van der Waals surface area contributed by atoms with Crippen molar-refractivity contribution in [2.24, 2.45) is 5.92 Å². The molecular formula is C8H13N3O. The summed E-state index contributed by atoms with van der Waals surface area (Å²) in [5.74, 6) is 1.64. The molecule has 0 spiro atoms. The molecule has 0 aromatic carbocycles. The third-order valence-electron chi connectivity index (χ3n) is 2.38. The smallest absolute Gasteiger partial charge is 0.321 e. The molecule has 1 aromatic heterocycles. The highest BCUT2D eigenvalue weighted by Crippen LogP contribution is 2.28. The minimum absolute atomic E-state index is 0.518. The fraction of sp³-hybridized carbons (Fsp3) is 0.750. The zero-order chi connectivity index (χ0) is 8.39. The number of hydrogen-bond donors (Lipinski definition) is 1. The van der Waals surface area contributed by atoms with Crippen molar-refractivity contribution in [3.05, 3.63) is 5.82 Å². The summed E-state index contributed by atoms with van der Waals surface area (Å²) in [5.41, 5.74) is 0. The molecule has 0 aliphatic heterocycles. The van der Waals surface area contributed by atoms with Crippen LogP contribution >= 0.6 is 0 Å². The van der Waals surface area contributed by atoms with Gasteiger partial charge in [-0.2, -0.15) is 4.98 Å². The van der Waals surface area contributed by atoms with E-state index in [9.17, 15) is 0 Å². The van der Waals surface area contributed by atoms with Gasteiger partial charge in [0.25, 0.3) is 0 Å². The Labute approximate surface area is 71.4 Å². The molecule has 66 valence electrons. The molecule has 12 heavy (non-hydrogen) atoms. The minimum Gasteiger partial charge on any atom is -0.341 e. The van der Waals surface area contributed by atoms with Gasteiger partial charge in [0.2, 0.25) is 0 Å². The van der Waals surface area contributed by atoms with Crippen LogP contribution < -0.4 is 5.32 Å². The van der Waals surface area contributed by atoms with Crippen LogP contribution in [0.2, 0.25) is 0 Å². The summed E-state index contributed by atoms with van der Waals surface area (Å²) in [6.45, 7) is 0. The van der Waals surface area contributed by atoms with Crippen molar-refractivity contribution in [2.75, 3.05) is 12.4 Å². The second-order valence-corrected chi connectivity index (χ2v) is 3.27. The number of hydrogen-bond acceptors (Lipinski definition) is 4. The normalized spacial score (nSPS) is 17.4. The third-order valence-corrected chi connectivity index (χ3v) is 2.38. The van der Waals surface area contributed by atoms with Crippen molar-refractivity contribution in [3.8, 4) is 0 Å². The van der Waals surface area contributed by atoms with Crippen molar-refractivity contribution in [3.63, 3.8) is 0 Å². The molecule has 2 rings (SSSR count). The molecule has 0 atom stereocenters. The van der Waals surface area contributed by atoms with Gasteiger partial charge in [-0.15, -0.1) is 0 Å². The first-order valence-electron chi connectivity index (χ1n) is 4.39. The number of anilines is 1. The average molecular weight is 167 g/mol. The molecule has 4 heteroatoms. The zero-order valence-corrected chi connectivity index (χ0v) is 7.21. The standard InChI is InChI=1S/C8H13N3O/c1-9-8-10-7(11-12-8)5-6-3-2-4-6/h6H,2-5H2,1H3,(H,9,10,11). The minimum atomic E-state index is 0.518. The van der Waals surface area contributed by atoms with Crippen molar-refractivity contribution in [2.45, 2.75) is 25.7 Å². The predicted octanol–water partition coefficient (Wildman–Crippen LogP) is 1.45. The molecule has 0 saturated heterocycles. The van der Waals surface area contributed by atoms with Gasteiger partial charge in [0.1, 0.15) is 0 Å². The van der Waals surface area contributed by atoms with Crippen molar-refractivity contribution >= 4 is 6.01 Å². The van der Waals surface area contributed by atoms with Gasteiger partial charge in [0.15, 0.2) is 5.82 Å². The van der Waals surface area contributed by atoms with Crippen molar-refractivity contribution < 1.29 is 4.52 Å². The van der Waals surface area contributed by atoms with E-state index in [4.69, 9.17) is 4.52 Å². The Balaban J connectivity index is 1.93. The number of aromatic nitrogens is 2. The molecule has 1 heterocycles. The van der Waals surface area contributed by atoms with Crippen LogP contribution in [0.5, 0.6) is 0 Å². The molecule has 1 aliphatic carbocycles. The Morgan fingerprint density at radius 3 is 2.92 bits per heavy atom. The fourth-order valence-electron chi connectivity index (χ4n) is 1.39. The lowest BCUT2D eigenvalue weighted by Crippen LogP contribution is -2.14. The molecular weight excluding hydrogens is 154 g/mol. The third kappa shape index (κ3) is 1.42. The lowest BCUT2D eigenvalue weighted by atomic mass is 9.83. The summed E-state index contributed by atoms with van der Waals surface area (Å²) >= 11 is 0. The van der Waals surface area contributed by atoms with Crippen LogP contribution in [0.1, 0.15) is 25.1 Å². The molecule has 0 bridgehead atoms. The first-order chi connectivity index (χ1) is 5.88. The van der Waals surface area contributed by atoms with E-state index in [1.807, 2.05) is 0 Å². The summed E-state index contributed by atoms with van der Waals surface area (Å²) in [5, 5.41) is 6.68. The maximum Gasteiger partial charge on any atom is 0.321 e. The van der Waals surface area contributed by atoms with Gasteiger partial charge in [-0.1, -0.05) is 24.4 Å². The van der Waals surface area contributed by atoms with E-state index in [2.05, 4.69) is 15.5 Å². The topological polar surface area (TPSA) is 51.0 Å². The van der Waals surface area contributed by atoms with Crippen LogP contribution in [0, 0.1) is 5.92 Å². The molecule has 4 nitrogen and oxygen atoms in total. The molecule has 0 radical (unpaired) electrons.